The van der Waals surface area contributed by atoms with Crippen molar-refractivity contribution in [2.24, 2.45) is 5.92 Å². The predicted octanol–water partition coefficient (Wildman–Crippen LogP) is 1.98. The second-order valence-corrected chi connectivity index (χ2v) is 5.29. The van der Waals surface area contributed by atoms with Gasteiger partial charge in [-0.3, -0.25) is 4.57 Å². The van der Waals surface area contributed by atoms with Crippen LogP contribution in [0.25, 0.3) is 11.0 Å². The molecular weight excluding hydrogens is 250 g/mol. The highest BCUT2D eigenvalue weighted by Crippen LogP contribution is 2.21. The Morgan fingerprint density at radius 1 is 1.44 bits per heavy atom. The second-order valence-electron chi connectivity index (χ2n) is 4.89. The number of hydrogen-bond donors (Lipinski definition) is 2. The molecule has 1 fully saturated rings. The van der Waals surface area contributed by atoms with E-state index < -0.39 is 0 Å². The Kier molecular flexibility index (Phi) is 3.14. The van der Waals surface area contributed by atoms with Crippen molar-refractivity contribution in [3.05, 3.63) is 33.7 Å². The Morgan fingerprint density at radius 3 is 3.11 bits per heavy atom. The molecule has 2 heterocycles. The fourth-order valence-electron chi connectivity index (χ4n) is 2.66. The molecule has 18 heavy (non-hydrogen) atoms. The van der Waals surface area contributed by atoms with E-state index in [9.17, 15) is 4.79 Å². The fraction of sp³-hybridized carbons (Fsp3) is 0.462. The maximum absolute atomic E-state index is 12.0. The summed E-state index contributed by atoms with van der Waals surface area (Å²) in [4.78, 5) is 14.8. The van der Waals surface area contributed by atoms with Crippen LogP contribution in [0.4, 0.5) is 0 Å². The van der Waals surface area contributed by atoms with Crippen LogP contribution in [0.1, 0.15) is 12.8 Å². The van der Waals surface area contributed by atoms with Crippen LogP contribution in [0, 0.1) is 5.92 Å². The molecule has 1 aliphatic rings. The molecular formula is C13H16ClN3O. The summed E-state index contributed by atoms with van der Waals surface area (Å²) < 4.78 is 1.80. The molecule has 0 aliphatic carbocycles. The lowest BCUT2D eigenvalue weighted by Crippen LogP contribution is -2.34. The zero-order chi connectivity index (χ0) is 12.5. The molecule has 0 radical (unpaired) electrons. The van der Waals surface area contributed by atoms with Gasteiger partial charge >= 0.3 is 5.69 Å². The Morgan fingerprint density at radius 2 is 2.33 bits per heavy atom. The van der Waals surface area contributed by atoms with E-state index in [-0.39, 0.29) is 5.69 Å². The molecule has 0 spiro atoms. The van der Waals surface area contributed by atoms with Crippen LogP contribution in [-0.2, 0) is 6.54 Å². The number of imidazole rings is 1. The number of halogens is 1. The van der Waals surface area contributed by atoms with Crippen molar-refractivity contribution < 1.29 is 0 Å². The van der Waals surface area contributed by atoms with Crippen LogP contribution in [0.5, 0.6) is 0 Å². The van der Waals surface area contributed by atoms with E-state index in [2.05, 4.69) is 10.3 Å². The highest BCUT2D eigenvalue weighted by atomic mass is 35.5. The smallest absolute Gasteiger partial charge is 0.316 e. The first-order valence-electron chi connectivity index (χ1n) is 6.33. The molecule has 1 atom stereocenters. The van der Waals surface area contributed by atoms with Gasteiger partial charge in [-0.05, 0) is 44.0 Å². The first-order valence-corrected chi connectivity index (χ1v) is 6.71. The maximum Gasteiger partial charge on any atom is 0.326 e. The van der Waals surface area contributed by atoms with Crippen LogP contribution in [0.15, 0.2) is 23.0 Å². The van der Waals surface area contributed by atoms with Gasteiger partial charge in [-0.2, -0.15) is 0 Å². The average molecular weight is 266 g/mol. The van der Waals surface area contributed by atoms with Crippen LogP contribution >= 0.6 is 11.6 Å². The lowest BCUT2D eigenvalue weighted by atomic mass is 10.00. The summed E-state index contributed by atoms with van der Waals surface area (Å²) in [6.07, 6.45) is 2.36. The standard InChI is InChI=1S/C13H16ClN3O/c14-10-4-1-5-11-12(10)16-13(18)17(11)8-9-3-2-6-15-7-9/h1,4-5,9,15H,2-3,6-8H2,(H,16,18). The molecule has 1 unspecified atom stereocenters. The second kappa shape index (κ2) is 4.78. The third kappa shape index (κ3) is 2.06. The molecule has 2 aromatic rings. The number of rotatable bonds is 2. The van der Waals surface area contributed by atoms with E-state index in [4.69, 9.17) is 11.6 Å². The van der Waals surface area contributed by atoms with E-state index in [0.717, 1.165) is 30.7 Å². The van der Waals surface area contributed by atoms with Crippen LogP contribution < -0.4 is 11.0 Å². The minimum Gasteiger partial charge on any atom is -0.316 e. The number of aromatic nitrogens is 2. The quantitative estimate of drug-likeness (QED) is 0.872. The van der Waals surface area contributed by atoms with Crippen LogP contribution in [-0.4, -0.2) is 22.6 Å². The summed E-state index contributed by atoms with van der Waals surface area (Å²) in [6, 6.07) is 5.62. The molecule has 1 aromatic heterocycles. The van der Waals surface area contributed by atoms with E-state index in [1.807, 2.05) is 12.1 Å². The van der Waals surface area contributed by atoms with E-state index in [0.29, 0.717) is 10.9 Å². The molecule has 0 amide bonds. The summed E-state index contributed by atoms with van der Waals surface area (Å²) in [7, 11) is 0. The van der Waals surface area contributed by atoms with Gasteiger partial charge in [0.2, 0.25) is 0 Å². The first-order chi connectivity index (χ1) is 8.75. The number of fused-ring (bicyclic) bond motifs is 1. The van der Waals surface area contributed by atoms with E-state index in [1.54, 1.807) is 10.6 Å². The Balaban J connectivity index is 1.98. The zero-order valence-corrected chi connectivity index (χ0v) is 10.8. The van der Waals surface area contributed by atoms with Crippen molar-refractivity contribution in [2.75, 3.05) is 13.1 Å². The van der Waals surface area contributed by atoms with Crippen LogP contribution in [0.2, 0.25) is 5.02 Å². The van der Waals surface area contributed by atoms with Crippen LogP contribution in [0.3, 0.4) is 0 Å². The molecule has 96 valence electrons. The van der Waals surface area contributed by atoms with Gasteiger partial charge in [0.05, 0.1) is 16.1 Å². The molecule has 1 aliphatic heterocycles. The number of H-pyrrole nitrogens is 1. The van der Waals surface area contributed by atoms with Crippen molar-refractivity contribution in [3.8, 4) is 0 Å². The fourth-order valence-corrected chi connectivity index (χ4v) is 2.88. The number of para-hydroxylation sites is 1. The SMILES string of the molecule is O=c1[nH]c2c(Cl)cccc2n1CC1CCCNC1. The van der Waals surface area contributed by atoms with Crippen molar-refractivity contribution in [1.29, 1.82) is 0 Å². The van der Waals surface area contributed by atoms with E-state index in [1.165, 1.54) is 12.8 Å². The largest absolute Gasteiger partial charge is 0.326 e. The molecule has 5 heteroatoms. The summed E-state index contributed by atoms with van der Waals surface area (Å²) in [6.45, 7) is 2.83. The third-order valence-electron chi connectivity index (χ3n) is 3.60. The summed E-state index contributed by atoms with van der Waals surface area (Å²) in [5.74, 6) is 0.523. The van der Waals surface area contributed by atoms with Crippen molar-refractivity contribution in [2.45, 2.75) is 19.4 Å². The minimum absolute atomic E-state index is 0.0660. The van der Waals surface area contributed by atoms with Gasteiger partial charge in [0, 0.05) is 6.54 Å². The first kappa shape index (κ1) is 11.8. The highest BCUT2D eigenvalue weighted by molar-refractivity contribution is 6.34. The summed E-state index contributed by atoms with van der Waals surface area (Å²) in [5, 5.41) is 3.98. The topological polar surface area (TPSA) is 49.8 Å². The maximum atomic E-state index is 12.0. The number of nitrogens with zero attached hydrogens (tertiary/aromatic N) is 1. The van der Waals surface area contributed by atoms with Gasteiger partial charge in [0.15, 0.2) is 0 Å². The Labute approximate surface area is 110 Å². The van der Waals surface area contributed by atoms with Crippen molar-refractivity contribution >= 4 is 22.6 Å². The zero-order valence-electron chi connectivity index (χ0n) is 10.1. The lowest BCUT2D eigenvalue weighted by Gasteiger charge is -2.22. The molecule has 2 N–H and O–H groups in total. The highest BCUT2D eigenvalue weighted by Gasteiger charge is 2.16. The Bertz CT molecular complexity index is 610. The lowest BCUT2D eigenvalue weighted by molar-refractivity contribution is 0.337. The number of aromatic amines is 1. The summed E-state index contributed by atoms with van der Waals surface area (Å²) in [5.41, 5.74) is 1.58. The van der Waals surface area contributed by atoms with Crippen molar-refractivity contribution in [1.82, 2.24) is 14.9 Å². The molecule has 0 bridgehead atoms. The number of hydrogen-bond acceptors (Lipinski definition) is 2. The number of piperidine rings is 1. The summed E-state index contributed by atoms with van der Waals surface area (Å²) >= 11 is 6.09. The predicted molar refractivity (Wildman–Crippen MR) is 73.2 cm³/mol. The number of nitrogens with one attached hydrogen (secondary N) is 2. The minimum atomic E-state index is -0.0660. The average Bonchev–Trinajstić information content (AvgIpc) is 2.70. The molecule has 1 saturated heterocycles. The van der Waals surface area contributed by atoms with E-state index >= 15 is 0 Å². The molecule has 4 nitrogen and oxygen atoms in total. The molecule has 1 aromatic carbocycles. The molecule has 0 saturated carbocycles. The molecule has 3 rings (SSSR count). The normalized spacial score (nSPS) is 20.4. The van der Waals surface area contributed by atoms with Gasteiger partial charge in [-0.25, -0.2) is 4.79 Å². The third-order valence-corrected chi connectivity index (χ3v) is 3.91. The Hall–Kier alpha value is -1.26. The van der Waals surface area contributed by atoms with Gasteiger partial charge in [-0.1, -0.05) is 17.7 Å². The monoisotopic (exact) mass is 265 g/mol. The number of benzene rings is 1. The van der Waals surface area contributed by atoms with Gasteiger partial charge in [0.25, 0.3) is 0 Å². The van der Waals surface area contributed by atoms with Crippen molar-refractivity contribution in [3.63, 3.8) is 0 Å². The van der Waals surface area contributed by atoms with Gasteiger partial charge in [0.1, 0.15) is 0 Å². The van der Waals surface area contributed by atoms with Gasteiger partial charge < -0.3 is 10.3 Å². The van der Waals surface area contributed by atoms with Gasteiger partial charge in [-0.15, -0.1) is 0 Å².